The van der Waals surface area contributed by atoms with Crippen LogP contribution in [0.1, 0.15) is 65.3 Å². The summed E-state index contributed by atoms with van der Waals surface area (Å²) in [6, 6.07) is 12.3. The fourth-order valence-electron chi connectivity index (χ4n) is 5.44. The lowest BCUT2D eigenvalue weighted by Crippen LogP contribution is -2.35. The normalized spacial score (nSPS) is 12.2. The molecule has 0 aromatic heterocycles. The molecule has 0 spiro atoms. The second-order valence-electron chi connectivity index (χ2n) is 11.1. The number of methoxy groups -OCH3 is 2. The molecule has 3 aromatic carbocycles. The monoisotopic (exact) mass is 606 g/mol. The molecule has 0 bridgehead atoms. The zero-order valence-corrected chi connectivity index (χ0v) is 26.5. The van der Waals surface area contributed by atoms with Gasteiger partial charge in [-0.25, -0.2) is 8.78 Å². The van der Waals surface area contributed by atoms with Gasteiger partial charge in [0.25, 0.3) is 5.91 Å². The molecule has 1 N–H and O–H groups in total. The van der Waals surface area contributed by atoms with Crippen molar-refractivity contribution in [3.8, 4) is 16.9 Å². The van der Waals surface area contributed by atoms with Gasteiger partial charge in [0.2, 0.25) is 0 Å². The van der Waals surface area contributed by atoms with Gasteiger partial charge in [-0.2, -0.15) is 0 Å². The Morgan fingerprint density at radius 1 is 1.02 bits per heavy atom. The molecule has 0 saturated carbocycles. The Morgan fingerprint density at radius 3 is 2.43 bits per heavy atom. The second kappa shape index (κ2) is 16.7. The number of nitrogens with one attached hydrogen (secondary N) is 1. The molecule has 0 aliphatic heterocycles. The molecule has 0 radical (unpaired) electrons. The number of halogens is 2. The van der Waals surface area contributed by atoms with Gasteiger partial charge in [-0.15, -0.1) is 0 Å². The molecule has 0 aliphatic rings. The van der Waals surface area contributed by atoms with Crippen molar-refractivity contribution >= 4 is 24.5 Å². The van der Waals surface area contributed by atoms with Gasteiger partial charge in [-0.3, -0.25) is 9.59 Å². The van der Waals surface area contributed by atoms with Crippen LogP contribution in [0.5, 0.6) is 5.75 Å². The maximum atomic E-state index is 15.0. The predicted molar refractivity (Wildman–Crippen MR) is 172 cm³/mol. The third kappa shape index (κ3) is 9.23. The van der Waals surface area contributed by atoms with E-state index in [4.69, 9.17) is 9.47 Å². The molecule has 1 unspecified atom stereocenters. The maximum absolute atomic E-state index is 15.0. The summed E-state index contributed by atoms with van der Waals surface area (Å²) in [4.78, 5) is 27.7. The number of amides is 1. The van der Waals surface area contributed by atoms with Gasteiger partial charge >= 0.3 is 0 Å². The van der Waals surface area contributed by atoms with Crippen LogP contribution in [0.4, 0.5) is 8.78 Å². The molecular weight excluding hydrogens is 562 g/mol. The van der Waals surface area contributed by atoms with Gasteiger partial charge in [0.1, 0.15) is 17.4 Å². The highest BCUT2D eigenvalue weighted by atomic mass is 19.1. The first-order valence-corrected chi connectivity index (χ1v) is 15.0. The highest BCUT2D eigenvalue weighted by molar-refractivity contribution is 5.97. The van der Waals surface area contributed by atoms with E-state index in [0.717, 1.165) is 41.8 Å². The lowest BCUT2D eigenvalue weighted by molar-refractivity contribution is 0.0934. The maximum Gasteiger partial charge on any atom is 0.251 e. The summed E-state index contributed by atoms with van der Waals surface area (Å²) in [5.41, 5.74) is 2.08. The van der Waals surface area contributed by atoms with Gasteiger partial charge in [0.05, 0.1) is 19.3 Å². The number of ketones is 1. The summed E-state index contributed by atoms with van der Waals surface area (Å²) in [5, 5.41) is 4.62. The van der Waals surface area contributed by atoms with E-state index in [2.05, 4.69) is 23.7 Å². The summed E-state index contributed by atoms with van der Waals surface area (Å²) in [7, 11) is 5.04. The van der Waals surface area contributed by atoms with Crippen molar-refractivity contribution in [3.05, 3.63) is 87.3 Å². The van der Waals surface area contributed by atoms with Crippen LogP contribution in [0.15, 0.2) is 48.5 Å². The number of hydrogen-bond acceptors (Lipinski definition) is 5. The van der Waals surface area contributed by atoms with Gasteiger partial charge in [0.15, 0.2) is 5.78 Å². The molecule has 0 fully saturated rings. The van der Waals surface area contributed by atoms with E-state index in [1.165, 1.54) is 31.4 Å². The van der Waals surface area contributed by atoms with Gasteiger partial charge in [-0.1, -0.05) is 32.1 Å². The highest BCUT2D eigenvalue weighted by Crippen LogP contribution is 2.28. The molecular formula is C36H44F2N2O4. The largest absolute Gasteiger partial charge is 0.497 e. The van der Waals surface area contributed by atoms with Crippen molar-refractivity contribution < 1.29 is 27.8 Å². The molecule has 236 valence electrons. The number of hydrogen-bond donors (Lipinski definition) is 1. The molecule has 0 aliphatic carbocycles. The van der Waals surface area contributed by atoms with Gasteiger partial charge in [-0.05, 0) is 78.8 Å². The number of rotatable bonds is 16. The van der Waals surface area contributed by atoms with Crippen molar-refractivity contribution in [2.45, 2.75) is 46.0 Å². The number of Topliss-reactive ketones (excluding diaryl/α,β-unsaturated/α-hetero) is 1. The molecule has 3 aromatic rings. The second-order valence-corrected chi connectivity index (χ2v) is 11.1. The Balaban J connectivity index is 1.64. The highest BCUT2D eigenvalue weighted by Gasteiger charge is 2.17. The molecule has 44 heavy (non-hydrogen) atoms. The lowest BCUT2D eigenvalue weighted by atomic mass is 9.94. The average molecular weight is 607 g/mol. The smallest absolute Gasteiger partial charge is 0.251 e. The third-order valence-corrected chi connectivity index (χ3v) is 7.81. The summed E-state index contributed by atoms with van der Waals surface area (Å²) < 4.78 is 39.5. The molecule has 8 heteroatoms. The van der Waals surface area contributed by atoms with Crippen molar-refractivity contribution in [1.82, 2.24) is 10.2 Å². The zero-order valence-electron chi connectivity index (χ0n) is 26.5. The van der Waals surface area contributed by atoms with E-state index in [1.54, 1.807) is 25.3 Å². The first-order valence-electron chi connectivity index (χ1n) is 15.0. The number of benzene rings is 3. The minimum absolute atomic E-state index is 0.0183. The van der Waals surface area contributed by atoms with Gasteiger partial charge < -0.3 is 19.7 Å². The number of carbonyl (C=O) groups is 2. The fraction of sp³-hybridized carbons (Fsp3) is 0.389. The van der Waals surface area contributed by atoms with Crippen LogP contribution in [0, 0.1) is 24.5 Å². The SMILES string of the molecule is C=c1ccc(C(=O)NCCOC)c(C)/c1=C/N(C)CC(CCC)CCCC(=O)c1ccc(-c2ccc(OC)cc2F)cc1F. The quantitative estimate of drug-likeness (QED) is 0.163. The molecule has 6 nitrogen and oxygen atoms in total. The average Bonchev–Trinajstić information content (AvgIpc) is 2.99. The van der Waals surface area contributed by atoms with E-state index < -0.39 is 11.6 Å². The van der Waals surface area contributed by atoms with Crippen molar-refractivity contribution in [1.29, 1.82) is 0 Å². The first-order chi connectivity index (χ1) is 21.1. The minimum Gasteiger partial charge on any atom is -0.497 e. The molecule has 1 amide bonds. The Bertz CT molecular complexity index is 1560. The molecule has 3 rings (SSSR count). The Hall–Kier alpha value is -4.04. The van der Waals surface area contributed by atoms with E-state index in [0.29, 0.717) is 42.4 Å². The number of ether oxygens (including phenoxy) is 2. The van der Waals surface area contributed by atoms with Crippen LogP contribution in [0.3, 0.4) is 0 Å². The topological polar surface area (TPSA) is 67.9 Å². The summed E-state index contributed by atoms with van der Waals surface area (Å²) in [6.45, 7) is 9.86. The van der Waals surface area contributed by atoms with E-state index in [-0.39, 0.29) is 29.2 Å². The van der Waals surface area contributed by atoms with E-state index in [9.17, 15) is 18.4 Å². The van der Waals surface area contributed by atoms with Crippen molar-refractivity contribution in [2.24, 2.45) is 5.92 Å². The standard InChI is InChI=1S/C36H44F2N2O4/c1-7-9-26(22-40(4)23-32-24(2)12-15-29(25(32)3)36(42)39-18-19-43-5)10-8-11-35(41)31-16-13-27(20-33(31)37)30-17-14-28(44-6)21-34(30)38/h12-17,20-21,23,26H,2,7-11,18-19,22H2,1,3-6H3,(H,39,42)/b32-23+. The molecule has 0 heterocycles. The summed E-state index contributed by atoms with van der Waals surface area (Å²) >= 11 is 0. The predicted octanol–water partition coefficient (Wildman–Crippen LogP) is 5.87. The summed E-state index contributed by atoms with van der Waals surface area (Å²) in [6.07, 6.45) is 5.68. The number of nitrogens with zero attached hydrogens (tertiary/aromatic N) is 1. The van der Waals surface area contributed by atoms with Crippen LogP contribution in [0.25, 0.3) is 23.9 Å². The van der Waals surface area contributed by atoms with Crippen molar-refractivity contribution in [3.63, 3.8) is 0 Å². The van der Waals surface area contributed by atoms with Crippen molar-refractivity contribution in [2.75, 3.05) is 41.0 Å². The van der Waals surface area contributed by atoms with Crippen LogP contribution in [-0.4, -0.2) is 57.6 Å². The third-order valence-electron chi connectivity index (χ3n) is 7.81. The number of carbonyl (C=O) groups excluding carboxylic acids is 2. The van der Waals surface area contributed by atoms with E-state index >= 15 is 0 Å². The van der Waals surface area contributed by atoms with Gasteiger partial charge in [0, 0.05) is 62.3 Å². The van der Waals surface area contributed by atoms with Crippen LogP contribution >= 0.6 is 0 Å². The van der Waals surface area contributed by atoms with Crippen LogP contribution in [-0.2, 0) is 4.74 Å². The zero-order chi connectivity index (χ0) is 32.2. The fourth-order valence-corrected chi connectivity index (χ4v) is 5.44. The minimum atomic E-state index is -0.656. The van der Waals surface area contributed by atoms with Crippen LogP contribution in [0.2, 0.25) is 0 Å². The Labute approximate surface area is 259 Å². The Morgan fingerprint density at radius 2 is 1.77 bits per heavy atom. The van der Waals surface area contributed by atoms with E-state index in [1.807, 2.05) is 26.2 Å². The lowest BCUT2D eigenvalue weighted by Gasteiger charge is -2.23. The molecule has 1 atom stereocenters. The Kier molecular flexibility index (Phi) is 13.1. The first kappa shape index (κ1) is 34.5. The molecule has 0 saturated heterocycles. The van der Waals surface area contributed by atoms with Crippen LogP contribution < -0.4 is 20.5 Å². The summed E-state index contributed by atoms with van der Waals surface area (Å²) in [5.74, 6) is -0.894.